The lowest BCUT2D eigenvalue weighted by atomic mass is 10.0. The number of hydrogen-bond donors (Lipinski definition) is 0. The van der Waals surface area contributed by atoms with Gasteiger partial charge >= 0.3 is 6.03 Å². The lowest BCUT2D eigenvalue weighted by molar-refractivity contribution is -0.384. The van der Waals surface area contributed by atoms with Crippen molar-refractivity contribution in [3.05, 3.63) is 63.2 Å². The van der Waals surface area contributed by atoms with Crippen molar-refractivity contribution in [2.75, 3.05) is 52.0 Å². The molecule has 12 nitrogen and oxygen atoms in total. The van der Waals surface area contributed by atoms with Gasteiger partial charge in [-0.1, -0.05) is 6.07 Å². The number of rotatable bonds is 5. The molecule has 3 aliphatic rings. The van der Waals surface area contributed by atoms with Crippen molar-refractivity contribution in [3.8, 4) is 11.5 Å². The largest absolute Gasteiger partial charge is 0.454 e. The van der Waals surface area contributed by atoms with E-state index in [9.17, 15) is 24.5 Å². The van der Waals surface area contributed by atoms with E-state index in [0.717, 1.165) is 46.5 Å². The van der Waals surface area contributed by atoms with Gasteiger partial charge in [-0.25, -0.2) is 4.79 Å². The third kappa shape index (κ3) is 4.58. The first-order valence-corrected chi connectivity index (χ1v) is 11.7. The molecule has 0 N–H and O–H groups in total. The van der Waals surface area contributed by atoms with Crippen molar-refractivity contribution in [1.82, 2.24) is 14.7 Å². The van der Waals surface area contributed by atoms with E-state index >= 15 is 0 Å². The monoisotopic (exact) mass is 507 g/mol. The molecule has 3 aliphatic heterocycles. The van der Waals surface area contributed by atoms with Crippen molar-refractivity contribution >= 4 is 35.3 Å². The van der Waals surface area contributed by atoms with E-state index in [2.05, 4.69) is 9.80 Å². The third-order valence-corrected chi connectivity index (χ3v) is 6.72. The number of hydrogen-bond acceptors (Lipinski definition) is 9. The van der Waals surface area contributed by atoms with Crippen LogP contribution in [0.5, 0.6) is 11.5 Å². The number of nitro groups is 1. The van der Waals surface area contributed by atoms with Crippen molar-refractivity contribution < 1.29 is 28.8 Å². The molecule has 2 aromatic carbocycles. The Hall–Kier alpha value is -4.45. The van der Waals surface area contributed by atoms with Crippen molar-refractivity contribution in [2.45, 2.75) is 6.54 Å². The van der Waals surface area contributed by atoms with Crippen LogP contribution in [-0.4, -0.2) is 84.5 Å². The van der Waals surface area contributed by atoms with Gasteiger partial charge in [-0.2, -0.15) is 0 Å². The molecule has 192 valence electrons. The zero-order valence-corrected chi connectivity index (χ0v) is 20.4. The van der Waals surface area contributed by atoms with Crippen LogP contribution in [0, 0.1) is 10.1 Å². The number of benzene rings is 2. The van der Waals surface area contributed by atoms with Crippen LogP contribution < -0.4 is 14.4 Å². The zero-order valence-electron chi connectivity index (χ0n) is 20.4. The maximum absolute atomic E-state index is 12.7. The SMILES string of the molecule is CN1C(=O)C(=Cc2cc([N+](=O)[O-])ccc2N2CCN(Cc3ccc4c(c3)OCO4)CC2)C(=O)N(C)C1=O. The summed E-state index contributed by atoms with van der Waals surface area (Å²) in [6.07, 6.45) is 1.34. The molecule has 5 rings (SSSR count). The first-order valence-electron chi connectivity index (χ1n) is 11.7. The lowest BCUT2D eigenvalue weighted by Gasteiger charge is -2.37. The van der Waals surface area contributed by atoms with Gasteiger partial charge in [0, 0.05) is 70.2 Å². The number of ether oxygens (including phenoxy) is 2. The van der Waals surface area contributed by atoms with Gasteiger partial charge in [0.05, 0.1) is 4.92 Å². The molecule has 0 spiro atoms. The number of piperazine rings is 1. The Kier molecular flexibility index (Phi) is 6.25. The Balaban J connectivity index is 1.37. The Labute approximate surface area is 212 Å². The van der Waals surface area contributed by atoms with Crippen LogP contribution in [0.4, 0.5) is 16.2 Å². The lowest BCUT2D eigenvalue weighted by Crippen LogP contribution is -2.53. The van der Waals surface area contributed by atoms with Crippen LogP contribution in [0.25, 0.3) is 6.08 Å². The summed E-state index contributed by atoms with van der Waals surface area (Å²) >= 11 is 0. The van der Waals surface area contributed by atoms with E-state index in [1.54, 1.807) is 6.07 Å². The van der Waals surface area contributed by atoms with E-state index in [0.29, 0.717) is 24.3 Å². The second kappa shape index (κ2) is 9.54. The average molecular weight is 508 g/mol. The Morgan fingerprint density at radius 2 is 1.59 bits per heavy atom. The molecule has 0 atom stereocenters. The van der Waals surface area contributed by atoms with Crippen molar-refractivity contribution in [2.24, 2.45) is 0 Å². The Bertz CT molecular complexity index is 1310. The number of amides is 4. The van der Waals surface area contributed by atoms with E-state index in [4.69, 9.17) is 9.47 Å². The van der Waals surface area contributed by atoms with Crippen LogP contribution in [0.1, 0.15) is 11.1 Å². The fourth-order valence-electron chi connectivity index (χ4n) is 4.63. The number of nitrogens with zero attached hydrogens (tertiary/aromatic N) is 5. The van der Waals surface area contributed by atoms with Gasteiger partial charge in [-0.15, -0.1) is 0 Å². The number of imide groups is 2. The predicted molar refractivity (Wildman–Crippen MR) is 132 cm³/mol. The standard InChI is InChI=1S/C25H25N5O7/c1-26-23(31)19(24(32)27(2)25(26)33)13-17-12-18(30(34)35)4-5-20(17)29-9-7-28(8-10-29)14-16-3-6-21-22(11-16)37-15-36-21/h3-6,11-13H,7-10,14-15H2,1-2H3. The van der Waals surface area contributed by atoms with Crippen LogP contribution in [0.3, 0.4) is 0 Å². The number of carbonyl (C=O) groups is 3. The summed E-state index contributed by atoms with van der Waals surface area (Å²) in [5.74, 6) is -0.0206. The minimum atomic E-state index is -0.751. The third-order valence-electron chi connectivity index (χ3n) is 6.72. The smallest absolute Gasteiger partial charge is 0.333 e. The fraction of sp³-hybridized carbons (Fsp3) is 0.320. The molecule has 3 heterocycles. The molecule has 2 saturated heterocycles. The highest BCUT2D eigenvalue weighted by atomic mass is 16.7. The normalized spacial score (nSPS) is 18.1. The quantitative estimate of drug-likeness (QED) is 0.259. The Morgan fingerprint density at radius 1 is 0.919 bits per heavy atom. The number of urea groups is 1. The van der Waals surface area contributed by atoms with Crippen molar-refractivity contribution in [3.63, 3.8) is 0 Å². The number of anilines is 1. The fourth-order valence-corrected chi connectivity index (χ4v) is 4.63. The van der Waals surface area contributed by atoms with Crippen LogP contribution in [0.2, 0.25) is 0 Å². The van der Waals surface area contributed by atoms with Gasteiger partial charge in [0.2, 0.25) is 6.79 Å². The molecule has 0 aliphatic carbocycles. The molecule has 0 bridgehead atoms. The first kappa shape index (κ1) is 24.3. The van der Waals surface area contributed by atoms with Crippen LogP contribution >= 0.6 is 0 Å². The van der Waals surface area contributed by atoms with Gasteiger partial charge in [-0.05, 0) is 29.8 Å². The van der Waals surface area contributed by atoms with E-state index in [1.165, 1.54) is 32.3 Å². The summed E-state index contributed by atoms with van der Waals surface area (Å²) in [6.45, 7) is 3.71. The molecule has 37 heavy (non-hydrogen) atoms. The van der Waals surface area contributed by atoms with E-state index in [-0.39, 0.29) is 18.1 Å². The minimum absolute atomic E-state index is 0.162. The summed E-state index contributed by atoms with van der Waals surface area (Å²) in [5.41, 5.74) is 1.75. The summed E-state index contributed by atoms with van der Waals surface area (Å²) in [4.78, 5) is 54.5. The second-order valence-corrected chi connectivity index (χ2v) is 9.02. The van der Waals surface area contributed by atoms with Crippen molar-refractivity contribution in [1.29, 1.82) is 0 Å². The highest BCUT2D eigenvalue weighted by Crippen LogP contribution is 2.33. The number of carbonyl (C=O) groups excluding carboxylic acids is 3. The number of non-ortho nitro benzene ring substituents is 1. The van der Waals surface area contributed by atoms with Gasteiger partial charge in [0.25, 0.3) is 17.5 Å². The average Bonchev–Trinajstić information content (AvgIpc) is 3.37. The maximum Gasteiger partial charge on any atom is 0.333 e. The molecule has 0 aromatic heterocycles. The second-order valence-electron chi connectivity index (χ2n) is 9.02. The summed E-state index contributed by atoms with van der Waals surface area (Å²) in [5, 5.41) is 11.4. The molecule has 0 unspecified atom stereocenters. The van der Waals surface area contributed by atoms with E-state index in [1.807, 2.05) is 18.2 Å². The number of nitro benzene ring substituents is 1. The van der Waals surface area contributed by atoms with Crippen LogP contribution in [0.15, 0.2) is 42.0 Å². The highest BCUT2D eigenvalue weighted by molar-refractivity contribution is 6.30. The van der Waals surface area contributed by atoms with Gasteiger partial charge in [-0.3, -0.25) is 34.4 Å². The Morgan fingerprint density at radius 3 is 2.27 bits per heavy atom. The molecule has 0 saturated carbocycles. The molecule has 12 heteroatoms. The summed E-state index contributed by atoms with van der Waals surface area (Å²) in [6, 6.07) is 9.55. The molecule has 0 radical (unpaired) electrons. The predicted octanol–water partition coefficient (Wildman–Crippen LogP) is 2.08. The summed E-state index contributed by atoms with van der Waals surface area (Å²) in [7, 11) is 2.57. The topological polar surface area (TPSA) is 126 Å². The first-order chi connectivity index (χ1) is 17.7. The maximum atomic E-state index is 12.7. The molecular formula is C25H25N5O7. The molecular weight excluding hydrogens is 482 g/mol. The van der Waals surface area contributed by atoms with Crippen LogP contribution in [-0.2, 0) is 16.1 Å². The number of barbiturate groups is 1. The van der Waals surface area contributed by atoms with Gasteiger partial charge in [0.15, 0.2) is 11.5 Å². The van der Waals surface area contributed by atoms with Gasteiger partial charge < -0.3 is 14.4 Å². The zero-order chi connectivity index (χ0) is 26.3. The van der Waals surface area contributed by atoms with E-state index < -0.39 is 22.8 Å². The summed E-state index contributed by atoms with van der Waals surface area (Å²) < 4.78 is 10.8. The highest BCUT2D eigenvalue weighted by Gasteiger charge is 2.38. The van der Waals surface area contributed by atoms with Gasteiger partial charge in [0.1, 0.15) is 5.57 Å². The molecule has 2 aromatic rings. The molecule has 4 amide bonds. The number of fused-ring (bicyclic) bond motifs is 1. The molecule has 2 fully saturated rings. The number of likely N-dealkylation sites (N-methyl/N-ethyl adjacent to an activating group) is 2. The minimum Gasteiger partial charge on any atom is -0.454 e.